The number of primary sulfonamides is 1. The number of sulfone groups is 1. The lowest BCUT2D eigenvalue weighted by Crippen LogP contribution is -2.45. The molecule has 0 saturated carbocycles. The Hall–Kier alpha value is -2.35. The Balaban J connectivity index is 2.06. The standard InChI is InChI=1S/C17H21N5O5S3/c1-9-5-13-14(6-12(9)11-7-19-22(3)8-11)28-17(21-13)15(29(4,24)25)16(23)20-10(2)30(18,26)27/h5-8,10,15H,1-4H3,(H,20,23)(H2,18,26,27). The number of aromatic nitrogens is 3. The molecule has 0 fully saturated rings. The molecule has 0 spiro atoms. The van der Waals surface area contributed by atoms with Crippen molar-refractivity contribution in [1.82, 2.24) is 20.1 Å². The summed E-state index contributed by atoms with van der Waals surface area (Å²) in [6.07, 6.45) is 4.48. The van der Waals surface area contributed by atoms with Gasteiger partial charge in [-0.15, -0.1) is 11.3 Å². The van der Waals surface area contributed by atoms with Crippen LogP contribution in [0.1, 0.15) is 22.7 Å². The highest BCUT2D eigenvalue weighted by Gasteiger charge is 2.36. The van der Waals surface area contributed by atoms with Crippen LogP contribution in [0.3, 0.4) is 0 Å². The number of nitrogens with one attached hydrogen (secondary N) is 1. The number of sulfonamides is 1. The number of hydrogen-bond donors (Lipinski definition) is 2. The maximum atomic E-state index is 12.6. The summed E-state index contributed by atoms with van der Waals surface area (Å²) in [5.74, 6) is -0.998. The third kappa shape index (κ3) is 4.53. The first kappa shape index (κ1) is 22.3. The summed E-state index contributed by atoms with van der Waals surface area (Å²) in [6.45, 7) is 3.06. The summed E-state index contributed by atoms with van der Waals surface area (Å²) in [6, 6.07) is 3.68. The maximum Gasteiger partial charge on any atom is 0.246 e. The number of nitrogens with two attached hydrogens (primary N) is 1. The number of rotatable bonds is 6. The molecule has 1 aromatic carbocycles. The number of nitrogens with zero attached hydrogens (tertiary/aromatic N) is 3. The first-order valence-corrected chi connectivity index (χ1v) is 13.1. The molecule has 2 atom stereocenters. The Morgan fingerprint density at radius 1 is 1.27 bits per heavy atom. The topological polar surface area (TPSA) is 154 Å². The quantitative estimate of drug-likeness (QED) is 0.540. The van der Waals surface area contributed by atoms with E-state index >= 15 is 0 Å². The van der Waals surface area contributed by atoms with Crippen molar-refractivity contribution < 1.29 is 21.6 Å². The van der Waals surface area contributed by atoms with Gasteiger partial charge in [0, 0.05) is 25.1 Å². The molecule has 13 heteroatoms. The van der Waals surface area contributed by atoms with Gasteiger partial charge in [-0.3, -0.25) is 9.48 Å². The highest BCUT2D eigenvalue weighted by Crippen LogP contribution is 2.35. The monoisotopic (exact) mass is 471 g/mol. The minimum Gasteiger partial charge on any atom is -0.337 e. The fraction of sp³-hybridized carbons (Fsp3) is 0.353. The van der Waals surface area contributed by atoms with Crippen molar-refractivity contribution in [3.63, 3.8) is 0 Å². The summed E-state index contributed by atoms with van der Waals surface area (Å²) in [5, 5.41) is 8.28. The number of aryl methyl sites for hydroxylation is 2. The number of hydrogen-bond acceptors (Lipinski definition) is 8. The van der Waals surface area contributed by atoms with E-state index in [1.54, 1.807) is 17.9 Å². The minimum absolute atomic E-state index is 0.0503. The molecule has 3 aromatic rings. The minimum atomic E-state index is -4.08. The Morgan fingerprint density at radius 3 is 2.47 bits per heavy atom. The SMILES string of the molecule is Cc1cc2nc(C(C(=O)NC(C)S(N)(=O)=O)S(C)(=O)=O)sc2cc1-c1cnn(C)c1. The lowest BCUT2D eigenvalue weighted by atomic mass is 10.0. The third-order valence-corrected chi connectivity index (χ3v) is 8.13. The molecule has 0 aliphatic carbocycles. The van der Waals surface area contributed by atoms with Gasteiger partial charge in [-0.05, 0) is 37.1 Å². The zero-order valence-electron chi connectivity index (χ0n) is 16.6. The van der Waals surface area contributed by atoms with E-state index in [0.717, 1.165) is 41.2 Å². The van der Waals surface area contributed by atoms with E-state index in [4.69, 9.17) is 5.14 Å². The largest absolute Gasteiger partial charge is 0.337 e. The van der Waals surface area contributed by atoms with Gasteiger partial charge in [0.05, 0.1) is 16.4 Å². The molecule has 162 valence electrons. The van der Waals surface area contributed by atoms with E-state index in [1.165, 1.54) is 0 Å². The first-order chi connectivity index (χ1) is 13.8. The van der Waals surface area contributed by atoms with Gasteiger partial charge >= 0.3 is 0 Å². The fourth-order valence-electron chi connectivity index (χ4n) is 2.93. The fourth-order valence-corrected chi connectivity index (χ4v) is 5.72. The Labute approximate surface area is 178 Å². The molecule has 0 saturated heterocycles. The lowest BCUT2D eigenvalue weighted by molar-refractivity contribution is -0.120. The molecule has 30 heavy (non-hydrogen) atoms. The predicted octanol–water partition coefficient (Wildman–Crippen LogP) is 0.842. The molecule has 0 bridgehead atoms. The summed E-state index contributed by atoms with van der Waals surface area (Å²) in [5.41, 5.74) is 3.26. The van der Waals surface area contributed by atoms with E-state index in [0.29, 0.717) is 10.2 Å². The average molecular weight is 472 g/mol. The van der Waals surface area contributed by atoms with E-state index < -0.39 is 36.4 Å². The number of carbonyl (C=O) groups excluding carboxylic acids is 1. The van der Waals surface area contributed by atoms with Gasteiger partial charge in [-0.1, -0.05) is 0 Å². The van der Waals surface area contributed by atoms with Gasteiger partial charge in [-0.25, -0.2) is 27.0 Å². The average Bonchev–Trinajstić information content (AvgIpc) is 3.17. The van der Waals surface area contributed by atoms with Gasteiger partial charge in [-0.2, -0.15) is 5.10 Å². The molecule has 1 amide bonds. The molecule has 10 nitrogen and oxygen atoms in total. The van der Waals surface area contributed by atoms with Gasteiger partial charge in [0.25, 0.3) is 0 Å². The molecule has 0 aliphatic heterocycles. The first-order valence-electron chi connectivity index (χ1n) is 8.68. The normalized spacial score (nSPS) is 14.6. The second-order valence-electron chi connectivity index (χ2n) is 7.04. The van der Waals surface area contributed by atoms with Crippen LogP contribution in [0.5, 0.6) is 0 Å². The Morgan fingerprint density at radius 2 is 1.93 bits per heavy atom. The predicted molar refractivity (Wildman–Crippen MR) is 115 cm³/mol. The summed E-state index contributed by atoms with van der Waals surface area (Å²) in [7, 11) is -6.21. The van der Waals surface area contributed by atoms with Gasteiger partial charge in [0.2, 0.25) is 15.9 Å². The van der Waals surface area contributed by atoms with Crippen molar-refractivity contribution >= 4 is 47.3 Å². The highest BCUT2D eigenvalue weighted by molar-refractivity contribution is 7.91. The van der Waals surface area contributed by atoms with E-state index in [1.807, 2.05) is 25.3 Å². The van der Waals surface area contributed by atoms with E-state index in [9.17, 15) is 21.6 Å². The maximum absolute atomic E-state index is 12.6. The van der Waals surface area contributed by atoms with Crippen molar-refractivity contribution in [3.05, 3.63) is 35.1 Å². The molecule has 3 rings (SSSR count). The van der Waals surface area contributed by atoms with E-state index in [2.05, 4.69) is 15.4 Å². The van der Waals surface area contributed by atoms with Gasteiger partial charge in [0.1, 0.15) is 10.4 Å². The number of fused-ring (bicyclic) bond motifs is 1. The summed E-state index contributed by atoms with van der Waals surface area (Å²) in [4.78, 5) is 17.0. The zero-order chi connectivity index (χ0) is 22.4. The molecular formula is C17H21N5O5S3. The zero-order valence-corrected chi connectivity index (χ0v) is 19.1. The van der Waals surface area contributed by atoms with Crippen molar-refractivity contribution in [1.29, 1.82) is 0 Å². The highest BCUT2D eigenvalue weighted by atomic mass is 32.2. The van der Waals surface area contributed by atoms with Crippen LogP contribution in [0.4, 0.5) is 0 Å². The number of thiazole rings is 1. The molecular weight excluding hydrogens is 450 g/mol. The van der Waals surface area contributed by atoms with Crippen LogP contribution in [0.15, 0.2) is 24.5 Å². The van der Waals surface area contributed by atoms with Crippen LogP contribution in [0.25, 0.3) is 21.3 Å². The summed E-state index contributed by atoms with van der Waals surface area (Å²) < 4.78 is 49.9. The summed E-state index contributed by atoms with van der Waals surface area (Å²) >= 11 is 1.06. The van der Waals surface area contributed by atoms with Crippen molar-refractivity contribution in [2.24, 2.45) is 12.2 Å². The molecule has 2 aromatic heterocycles. The Kier molecular flexibility index (Phi) is 5.75. The molecule has 0 radical (unpaired) electrons. The van der Waals surface area contributed by atoms with Gasteiger partial charge < -0.3 is 5.32 Å². The van der Waals surface area contributed by atoms with Crippen LogP contribution in [-0.4, -0.2) is 49.1 Å². The third-order valence-electron chi connectivity index (χ3n) is 4.50. The van der Waals surface area contributed by atoms with Crippen molar-refractivity contribution in [3.8, 4) is 11.1 Å². The van der Waals surface area contributed by atoms with Crippen molar-refractivity contribution in [2.45, 2.75) is 24.5 Å². The van der Waals surface area contributed by atoms with Crippen LogP contribution in [-0.2, 0) is 31.7 Å². The van der Waals surface area contributed by atoms with Crippen molar-refractivity contribution in [2.75, 3.05) is 6.26 Å². The smallest absolute Gasteiger partial charge is 0.246 e. The van der Waals surface area contributed by atoms with Crippen LogP contribution in [0.2, 0.25) is 0 Å². The van der Waals surface area contributed by atoms with Crippen LogP contribution in [0, 0.1) is 6.92 Å². The van der Waals surface area contributed by atoms with E-state index in [-0.39, 0.29) is 5.01 Å². The molecule has 2 heterocycles. The molecule has 2 unspecified atom stereocenters. The molecule has 3 N–H and O–H groups in total. The lowest BCUT2D eigenvalue weighted by Gasteiger charge is -2.16. The van der Waals surface area contributed by atoms with Crippen LogP contribution >= 0.6 is 11.3 Å². The second kappa shape index (κ2) is 7.72. The van der Waals surface area contributed by atoms with Crippen LogP contribution < -0.4 is 10.5 Å². The Bertz CT molecular complexity index is 1340. The number of carbonyl (C=O) groups is 1. The molecule has 0 aliphatic rings. The van der Waals surface area contributed by atoms with Gasteiger partial charge in [0.15, 0.2) is 15.1 Å². The second-order valence-corrected chi connectivity index (χ2v) is 12.1. The number of benzene rings is 1. The number of amides is 1.